The van der Waals surface area contributed by atoms with E-state index in [9.17, 15) is 21.6 Å². The van der Waals surface area contributed by atoms with E-state index in [4.69, 9.17) is 22.6 Å². The molecule has 2 bridgehead atoms. The van der Waals surface area contributed by atoms with E-state index in [0.717, 1.165) is 18.1 Å². The van der Waals surface area contributed by atoms with Gasteiger partial charge in [-0.25, -0.2) is 0 Å². The molecule has 0 saturated heterocycles. The number of rotatable bonds is 10. The Morgan fingerprint density at radius 3 is 2.42 bits per heavy atom. The highest BCUT2D eigenvalue weighted by atomic mass is 32.2. The summed E-state index contributed by atoms with van der Waals surface area (Å²) in [5.41, 5.74) is 0.00465. The highest BCUT2D eigenvalue weighted by Gasteiger charge is 2.56. The van der Waals surface area contributed by atoms with Gasteiger partial charge in [0.2, 0.25) is 0 Å². The van der Waals surface area contributed by atoms with Crippen molar-refractivity contribution in [1.82, 2.24) is 0 Å². The molecule has 0 aromatic heterocycles. The Kier molecular flexibility index (Phi) is 8.20. The Morgan fingerprint density at radius 2 is 1.79 bits per heavy atom. The van der Waals surface area contributed by atoms with Gasteiger partial charge in [-0.1, -0.05) is 24.6 Å². The van der Waals surface area contributed by atoms with Crippen molar-refractivity contribution in [3.63, 3.8) is 0 Å². The standard InChI is InChI=1S/C21H32O10S2/c1-14-9-15-11-16(22)12-21(15)6-5-18(30-32(3,23)24)19(31-33(4,25)26)17(10-14)20(21)29-13-28-8-7-27-2/h5-6,11,14,17-20H,7-10,12-13H2,1-4H3/t14-,17-,18+,19-,20+,21+/m1/s1. The molecule has 0 unspecified atom stereocenters. The Morgan fingerprint density at radius 1 is 1.09 bits per heavy atom. The van der Waals surface area contributed by atoms with Gasteiger partial charge in [0.05, 0.1) is 31.8 Å². The predicted octanol–water partition coefficient (Wildman–Crippen LogP) is 1.18. The van der Waals surface area contributed by atoms with Gasteiger partial charge in [-0.3, -0.25) is 13.2 Å². The third kappa shape index (κ3) is 6.50. The zero-order chi connectivity index (χ0) is 24.4. The smallest absolute Gasteiger partial charge is 0.265 e. The van der Waals surface area contributed by atoms with Gasteiger partial charge in [0, 0.05) is 24.9 Å². The SMILES string of the molecule is COCCOCO[C@H]1[C@@H]2C[C@H](C)CC3=CC(=O)C[C@@]31C=C[C@H](OS(C)(=O)=O)[C@@H]2OS(C)(=O)=O. The van der Waals surface area contributed by atoms with Crippen LogP contribution in [0.25, 0.3) is 0 Å². The molecule has 0 N–H and O–H groups in total. The molecule has 10 nitrogen and oxygen atoms in total. The molecule has 0 amide bonds. The first-order valence-electron chi connectivity index (χ1n) is 10.7. The van der Waals surface area contributed by atoms with Crippen molar-refractivity contribution in [2.45, 2.75) is 44.5 Å². The first kappa shape index (κ1) is 26.5. The van der Waals surface area contributed by atoms with Crippen molar-refractivity contribution >= 4 is 26.0 Å². The van der Waals surface area contributed by atoms with Crippen LogP contribution in [-0.4, -0.2) is 80.6 Å². The second kappa shape index (κ2) is 10.2. The zero-order valence-corrected chi connectivity index (χ0v) is 20.9. The molecule has 33 heavy (non-hydrogen) atoms. The minimum Gasteiger partial charge on any atom is -0.382 e. The zero-order valence-electron chi connectivity index (χ0n) is 19.3. The summed E-state index contributed by atoms with van der Waals surface area (Å²) in [6.07, 6.45) is 4.79. The first-order valence-corrected chi connectivity index (χ1v) is 14.4. The number of allylic oxidation sites excluding steroid dienone is 1. The molecule has 6 atom stereocenters. The molecule has 1 saturated carbocycles. The average Bonchev–Trinajstić information content (AvgIpc) is 2.88. The van der Waals surface area contributed by atoms with Crippen LogP contribution in [0.3, 0.4) is 0 Å². The summed E-state index contributed by atoms with van der Waals surface area (Å²) in [7, 11) is -6.38. The molecule has 0 aromatic rings. The molecule has 188 valence electrons. The normalized spacial score (nSPS) is 34.5. The fourth-order valence-corrected chi connectivity index (χ4v) is 6.37. The fourth-order valence-electron chi connectivity index (χ4n) is 5.14. The summed E-state index contributed by atoms with van der Waals surface area (Å²) in [6.45, 7) is 2.54. The molecule has 3 aliphatic rings. The first-order chi connectivity index (χ1) is 15.3. The third-order valence-electron chi connectivity index (χ3n) is 6.20. The van der Waals surface area contributed by atoms with Gasteiger partial charge < -0.3 is 14.2 Å². The summed E-state index contributed by atoms with van der Waals surface area (Å²) in [4.78, 5) is 12.5. The molecule has 0 aromatic carbocycles. The average molecular weight is 509 g/mol. The van der Waals surface area contributed by atoms with E-state index >= 15 is 0 Å². The van der Waals surface area contributed by atoms with E-state index in [1.807, 2.05) is 6.92 Å². The summed E-state index contributed by atoms with van der Waals surface area (Å²) >= 11 is 0. The highest BCUT2D eigenvalue weighted by molar-refractivity contribution is 7.86. The maximum atomic E-state index is 12.5. The fraction of sp³-hybridized carbons (Fsp3) is 0.762. The number of carbonyl (C=O) groups excluding carboxylic acids is 1. The van der Waals surface area contributed by atoms with E-state index in [1.165, 1.54) is 6.08 Å². The lowest BCUT2D eigenvalue weighted by Gasteiger charge is -2.40. The molecule has 0 heterocycles. The van der Waals surface area contributed by atoms with Gasteiger partial charge >= 0.3 is 0 Å². The summed E-state index contributed by atoms with van der Waals surface area (Å²) in [6, 6.07) is 0. The number of hydrogen-bond acceptors (Lipinski definition) is 10. The van der Waals surface area contributed by atoms with Crippen LogP contribution in [-0.2, 0) is 47.6 Å². The van der Waals surface area contributed by atoms with Crippen LogP contribution in [0.1, 0.15) is 26.2 Å². The lowest BCUT2D eigenvalue weighted by Crippen LogP contribution is -2.48. The molecular weight excluding hydrogens is 476 g/mol. The van der Waals surface area contributed by atoms with E-state index in [1.54, 1.807) is 19.3 Å². The third-order valence-corrected chi connectivity index (χ3v) is 7.35. The van der Waals surface area contributed by atoms with Crippen LogP contribution >= 0.6 is 0 Å². The number of ether oxygens (including phenoxy) is 3. The largest absolute Gasteiger partial charge is 0.382 e. The minimum absolute atomic E-state index is 0.0607. The summed E-state index contributed by atoms with van der Waals surface area (Å²) in [5.74, 6) is -0.607. The lowest BCUT2D eigenvalue weighted by molar-refractivity contribution is -0.154. The lowest BCUT2D eigenvalue weighted by atomic mass is 9.72. The number of carbonyl (C=O) groups is 1. The molecule has 3 rings (SSSR count). The summed E-state index contributed by atoms with van der Waals surface area (Å²) in [5, 5.41) is 0. The summed E-state index contributed by atoms with van der Waals surface area (Å²) < 4.78 is 75.7. The minimum atomic E-state index is -3.98. The van der Waals surface area contributed by atoms with Gasteiger partial charge in [0.15, 0.2) is 5.78 Å². The predicted molar refractivity (Wildman–Crippen MR) is 118 cm³/mol. The molecule has 1 spiro atoms. The molecule has 3 aliphatic carbocycles. The van der Waals surface area contributed by atoms with Crippen molar-refractivity contribution in [3.8, 4) is 0 Å². The number of hydrogen-bond donors (Lipinski definition) is 0. The molecule has 0 radical (unpaired) electrons. The Hall–Kier alpha value is -1.15. The van der Waals surface area contributed by atoms with Crippen LogP contribution < -0.4 is 0 Å². The quantitative estimate of drug-likeness (QED) is 0.183. The molecular formula is C21H32O10S2. The molecule has 12 heteroatoms. The maximum absolute atomic E-state index is 12.5. The Bertz CT molecular complexity index is 1000. The second-order valence-corrected chi connectivity index (χ2v) is 12.3. The monoisotopic (exact) mass is 508 g/mol. The maximum Gasteiger partial charge on any atom is 0.265 e. The van der Waals surface area contributed by atoms with Gasteiger partial charge in [-0.15, -0.1) is 0 Å². The van der Waals surface area contributed by atoms with Crippen LogP contribution in [0, 0.1) is 17.3 Å². The topological polar surface area (TPSA) is 132 Å². The van der Waals surface area contributed by atoms with E-state index in [2.05, 4.69) is 0 Å². The van der Waals surface area contributed by atoms with E-state index in [-0.39, 0.29) is 31.5 Å². The van der Waals surface area contributed by atoms with Gasteiger partial charge in [0.25, 0.3) is 20.2 Å². The van der Waals surface area contributed by atoms with Crippen molar-refractivity contribution in [2.75, 3.05) is 39.6 Å². The number of fused-ring (bicyclic) bond motifs is 1. The van der Waals surface area contributed by atoms with Crippen LogP contribution in [0.5, 0.6) is 0 Å². The van der Waals surface area contributed by atoms with E-state index in [0.29, 0.717) is 19.4 Å². The van der Waals surface area contributed by atoms with Crippen molar-refractivity contribution < 1.29 is 44.2 Å². The van der Waals surface area contributed by atoms with E-state index < -0.39 is 49.9 Å². The van der Waals surface area contributed by atoms with Crippen molar-refractivity contribution in [2.24, 2.45) is 17.3 Å². The van der Waals surface area contributed by atoms with Crippen LogP contribution in [0.2, 0.25) is 0 Å². The Balaban J connectivity index is 2.08. The van der Waals surface area contributed by atoms with Crippen LogP contribution in [0.15, 0.2) is 23.8 Å². The number of methoxy groups -OCH3 is 1. The van der Waals surface area contributed by atoms with Crippen molar-refractivity contribution in [1.29, 1.82) is 0 Å². The Labute approximate surface area is 195 Å². The van der Waals surface area contributed by atoms with Gasteiger partial charge in [-0.05, 0) is 24.8 Å². The van der Waals surface area contributed by atoms with Crippen molar-refractivity contribution in [3.05, 3.63) is 23.8 Å². The second-order valence-electron chi connectivity index (χ2n) is 9.06. The molecule has 0 aliphatic heterocycles. The highest BCUT2D eigenvalue weighted by Crippen LogP contribution is 2.54. The number of ketones is 1. The van der Waals surface area contributed by atoms with Gasteiger partial charge in [0.1, 0.15) is 19.0 Å². The molecule has 1 fully saturated rings. The van der Waals surface area contributed by atoms with Gasteiger partial charge in [-0.2, -0.15) is 16.8 Å². The van der Waals surface area contributed by atoms with Crippen LogP contribution in [0.4, 0.5) is 0 Å².